The number of sulfonamides is 1. The van der Waals surface area contributed by atoms with Crippen LogP contribution in [0.2, 0.25) is 0 Å². The highest BCUT2D eigenvalue weighted by Crippen LogP contribution is 2.45. The number of carboxylic acid groups (broad SMARTS) is 1. The lowest BCUT2D eigenvalue weighted by Gasteiger charge is -2.10. The number of nitrogens with two attached hydrogens (primary N) is 1. The van der Waals surface area contributed by atoms with Crippen LogP contribution in [0, 0.1) is 5.41 Å². The molecule has 0 aromatic heterocycles. The topological polar surface area (TPSA) is 109 Å². The van der Waals surface area contributed by atoms with Crippen LogP contribution in [-0.4, -0.2) is 25.5 Å². The summed E-state index contributed by atoms with van der Waals surface area (Å²) in [5.41, 5.74) is 5.48. The molecule has 0 saturated heterocycles. The summed E-state index contributed by atoms with van der Waals surface area (Å²) in [4.78, 5) is 10.7. The summed E-state index contributed by atoms with van der Waals surface area (Å²) in [6.07, 6.45) is 0.777. The van der Waals surface area contributed by atoms with E-state index in [2.05, 4.69) is 4.72 Å². The van der Waals surface area contributed by atoms with Crippen molar-refractivity contribution >= 4 is 21.7 Å². The fourth-order valence-corrected chi connectivity index (χ4v) is 3.37. The molecular weight excluding hydrogens is 268 g/mol. The Kier molecular flexibility index (Phi) is 3.06. The lowest BCUT2D eigenvalue weighted by Crippen LogP contribution is -2.29. The number of nitrogens with one attached hydrogen (secondary N) is 1. The van der Waals surface area contributed by atoms with Crippen molar-refractivity contribution in [2.24, 2.45) is 5.41 Å². The Morgan fingerprint density at radius 3 is 2.47 bits per heavy atom. The average molecular weight is 284 g/mol. The van der Waals surface area contributed by atoms with Crippen LogP contribution in [0.4, 0.5) is 5.69 Å². The zero-order valence-corrected chi connectivity index (χ0v) is 11.5. The second kappa shape index (κ2) is 4.21. The monoisotopic (exact) mass is 284 g/mol. The van der Waals surface area contributed by atoms with Crippen LogP contribution in [0.15, 0.2) is 23.1 Å². The maximum atomic E-state index is 12.1. The van der Waals surface area contributed by atoms with Crippen LogP contribution >= 0.6 is 0 Å². The van der Waals surface area contributed by atoms with Gasteiger partial charge in [0.1, 0.15) is 4.90 Å². The zero-order valence-electron chi connectivity index (χ0n) is 10.7. The third kappa shape index (κ3) is 2.71. The maximum absolute atomic E-state index is 12.1. The summed E-state index contributed by atoms with van der Waals surface area (Å²) in [5, 5.41) is 8.81. The predicted molar refractivity (Wildman–Crippen MR) is 70.3 cm³/mol. The van der Waals surface area contributed by atoms with Gasteiger partial charge < -0.3 is 10.8 Å². The SMILES string of the molecule is CC1(C)CC1NS(=O)(=O)c1ccc(C(=O)O)cc1N. The molecule has 4 N–H and O–H groups in total. The first kappa shape index (κ1) is 13.8. The molecule has 0 bridgehead atoms. The third-order valence-electron chi connectivity index (χ3n) is 3.36. The Bertz CT molecular complexity index is 637. The predicted octanol–water partition coefficient (Wildman–Crippen LogP) is 1.04. The highest BCUT2D eigenvalue weighted by Gasteiger charge is 2.48. The molecule has 1 fully saturated rings. The first-order valence-corrected chi connectivity index (χ1v) is 7.27. The number of rotatable bonds is 4. The van der Waals surface area contributed by atoms with Gasteiger partial charge in [0, 0.05) is 6.04 Å². The van der Waals surface area contributed by atoms with Gasteiger partial charge >= 0.3 is 5.97 Å². The van der Waals surface area contributed by atoms with E-state index in [9.17, 15) is 13.2 Å². The molecule has 1 aromatic carbocycles. The molecule has 0 spiro atoms. The fraction of sp³-hybridized carbons (Fsp3) is 0.417. The minimum atomic E-state index is -3.71. The molecule has 7 heteroatoms. The molecule has 104 valence electrons. The van der Waals surface area contributed by atoms with E-state index < -0.39 is 16.0 Å². The molecule has 1 unspecified atom stereocenters. The molecule has 1 atom stereocenters. The second-order valence-corrected chi connectivity index (χ2v) is 7.11. The minimum absolute atomic E-state index is 0.0387. The van der Waals surface area contributed by atoms with E-state index >= 15 is 0 Å². The van der Waals surface area contributed by atoms with E-state index in [0.29, 0.717) is 0 Å². The first-order valence-electron chi connectivity index (χ1n) is 5.79. The van der Waals surface area contributed by atoms with Crippen LogP contribution in [-0.2, 0) is 10.0 Å². The highest BCUT2D eigenvalue weighted by molar-refractivity contribution is 7.89. The number of carbonyl (C=O) groups is 1. The van der Waals surface area contributed by atoms with Gasteiger partial charge in [-0.2, -0.15) is 0 Å². The van der Waals surface area contributed by atoms with Crippen molar-refractivity contribution < 1.29 is 18.3 Å². The Morgan fingerprint density at radius 1 is 1.47 bits per heavy atom. The van der Waals surface area contributed by atoms with E-state index in [1.165, 1.54) is 12.1 Å². The Morgan fingerprint density at radius 2 is 2.05 bits per heavy atom. The summed E-state index contributed by atoms with van der Waals surface area (Å²) in [6.45, 7) is 3.94. The van der Waals surface area contributed by atoms with Crippen molar-refractivity contribution in [3.63, 3.8) is 0 Å². The summed E-state index contributed by atoms with van der Waals surface area (Å²) in [5.74, 6) is -1.15. The van der Waals surface area contributed by atoms with Crippen LogP contribution in [0.25, 0.3) is 0 Å². The van der Waals surface area contributed by atoms with Gasteiger partial charge in [-0.1, -0.05) is 13.8 Å². The molecule has 2 rings (SSSR count). The van der Waals surface area contributed by atoms with Gasteiger partial charge in [-0.05, 0) is 30.0 Å². The Balaban J connectivity index is 2.28. The van der Waals surface area contributed by atoms with Crippen LogP contribution < -0.4 is 10.5 Å². The Hall–Kier alpha value is -1.60. The molecule has 1 saturated carbocycles. The first-order chi connectivity index (χ1) is 8.63. The molecule has 0 amide bonds. The zero-order chi connectivity index (χ0) is 14.4. The molecule has 1 aliphatic carbocycles. The number of hydrogen-bond donors (Lipinski definition) is 3. The van der Waals surface area contributed by atoms with Gasteiger partial charge in [-0.3, -0.25) is 0 Å². The van der Waals surface area contributed by atoms with Gasteiger partial charge in [0.05, 0.1) is 11.3 Å². The number of anilines is 1. The van der Waals surface area contributed by atoms with Crippen molar-refractivity contribution in [3.8, 4) is 0 Å². The van der Waals surface area contributed by atoms with E-state index in [0.717, 1.165) is 12.5 Å². The van der Waals surface area contributed by atoms with Crippen molar-refractivity contribution in [2.45, 2.75) is 31.2 Å². The fourth-order valence-electron chi connectivity index (χ4n) is 1.85. The van der Waals surface area contributed by atoms with Gasteiger partial charge in [0.15, 0.2) is 0 Å². The van der Waals surface area contributed by atoms with Gasteiger partial charge in [-0.25, -0.2) is 17.9 Å². The van der Waals surface area contributed by atoms with Crippen LogP contribution in [0.5, 0.6) is 0 Å². The lowest BCUT2D eigenvalue weighted by atomic mass is 10.2. The van der Waals surface area contributed by atoms with E-state index in [1.54, 1.807) is 0 Å². The number of hydrogen-bond acceptors (Lipinski definition) is 4. The molecular formula is C12H16N2O4S. The summed E-state index contributed by atoms with van der Waals surface area (Å²) in [6, 6.07) is 3.49. The average Bonchev–Trinajstić information content (AvgIpc) is 2.83. The number of aromatic carboxylic acids is 1. The van der Waals surface area contributed by atoms with Gasteiger partial charge in [-0.15, -0.1) is 0 Å². The largest absolute Gasteiger partial charge is 0.478 e. The molecule has 1 aliphatic rings. The van der Waals surface area contributed by atoms with E-state index in [1.807, 2.05) is 13.8 Å². The number of benzene rings is 1. The van der Waals surface area contributed by atoms with Crippen molar-refractivity contribution in [1.82, 2.24) is 4.72 Å². The summed E-state index contributed by atoms with van der Waals surface area (Å²) in [7, 11) is -3.71. The van der Waals surface area contributed by atoms with E-state index in [-0.39, 0.29) is 27.6 Å². The lowest BCUT2D eigenvalue weighted by molar-refractivity contribution is 0.0697. The summed E-state index contributed by atoms with van der Waals surface area (Å²) < 4.78 is 26.8. The maximum Gasteiger partial charge on any atom is 0.335 e. The normalized spacial score (nSPS) is 21.1. The van der Waals surface area contributed by atoms with Gasteiger partial charge in [0.2, 0.25) is 10.0 Å². The van der Waals surface area contributed by atoms with E-state index in [4.69, 9.17) is 10.8 Å². The van der Waals surface area contributed by atoms with Crippen molar-refractivity contribution in [1.29, 1.82) is 0 Å². The molecule has 1 aromatic rings. The van der Waals surface area contributed by atoms with Crippen molar-refractivity contribution in [2.75, 3.05) is 5.73 Å². The Labute approximate surface area is 111 Å². The second-order valence-electron chi connectivity index (χ2n) is 5.42. The van der Waals surface area contributed by atoms with Crippen LogP contribution in [0.3, 0.4) is 0 Å². The molecule has 6 nitrogen and oxygen atoms in total. The third-order valence-corrected chi connectivity index (χ3v) is 4.90. The molecule has 0 aliphatic heterocycles. The minimum Gasteiger partial charge on any atom is -0.478 e. The molecule has 0 heterocycles. The number of carboxylic acids is 1. The number of nitrogen functional groups attached to an aromatic ring is 1. The molecule has 0 radical (unpaired) electrons. The highest BCUT2D eigenvalue weighted by atomic mass is 32.2. The standard InChI is InChI=1S/C12H16N2O4S/c1-12(2)6-10(12)14-19(17,18)9-4-3-7(11(15)16)5-8(9)13/h3-5,10,14H,6,13H2,1-2H3,(H,15,16). The van der Waals surface area contributed by atoms with Gasteiger partial charge in [0.25, 0.3) is 0 Å². The van der Waals surface area contributed by atoms with Crippen molar-refractivity contribution in [3.05, 3.63) is 23.8 Å². The van der Waals surface area contributed by atoms with Crippen LogP contribution in [0.1, 0.15) is 30.6 Å². The summed E-state index contributed by atoms with van der Waals surface area (Å²) >= 11 is 0. The smallest absolute Gasteiger partial charge is 0.335 e. The molecule has 19 heavy (non-hydrogen) atoms. The quantitative estimate of drug-likeness (QED) is 0.716.